The lowest BCUT2D eigenvalue weighted by Gasteiger charge is -2.27. The smallest absolute Gasteiger partial charge is 0.303 e. The maximum absolute atomic E-state index is 10.6. The highest BCUT2D eigenvalue weighted by atomic mass is 16.4. The number of aromatic nitrogens is 2. The van der Waals surface area contributed by atoms with Crippen LogP contribution in [0.1, 0.15) is 43.7 Å². The average molecular weight is 208 g/mol. The minimum absolute atomic E-state index is 0.310. The van der Waals surface area contributed by atoms with Crippen molar-refractivity contribution >= 4 is 5.97 Å². The van der Waals surface area contributed by atoms with E-state index in [0.29, 0.717) is 18.3 Å². The third-order valence-electron chi connectivity index (χ3n) is 3.21. The molecule has 0 bridgehead atoms. The summed E-state index contributed by atoms with van der Waals surface area (Å²) in [5.74, 6) is 0.139. The number of carboxylic acid groups (broad SMARTS) is 1. The minimum Gasteiger partial charge on any atom is -0.481 e. The zero-order valence-corrected chi connectivity index (χ0v) is 8.65. The fraction of sp³-hybridized carbons (Fsp3) is 0.636. The highest BCUT2D eigenvalue weighted by Gasteiger charge is 2.25. The molecule has 4 heteroatoms. The van der Waals surface area contributed by atoms with Crippen molar-refractivity contribution in [1.29, 1.82) is 0 Å². The average Bonchev–Trinajstić information content (AvgIpc) is 2.69. The molecule has 1 aliphatic rings. The van der Waals surface area contributed by atoms with Gasteiger partial charge in [0, 0.05) is 24.2 Å². The predicted molar refractivity (Wildman–Crippen MR) is 55.5 cm³/mol. The van der Waals surface area contributed by atoms with Crippen LogP contribution in [0.15, 0.2) is 12.3 Å². The van der Waals surface area contributed by atoms with E-state index in [4.69, 9.17) is 5.11 Å². The van der Waals surface area contributed by atoms with Gasteiger partial charge in [-0.25, -0.2) is 0 Å². The molecule has 0 aromatic carbocycles. The molecule has 0 spiro atoms. The summed E-state index contributed by atoms with van der Waals surface area (Å²) < 4.78 is 0. The molecule has 1 heterocycles. The quantitative estimate of drug-likeness (QED) is 0.799. The topological polar surface area (TPSA) is 66.0 Å². The van der Waals surface area contributed by atoms with Gasteiger partial charge in [0.15, 0.2) is 0 Å². The van der Waals surface area contributed by atoms with Gasteiger partial charge in [0.05, 0.1) is 0 Å². The Morgan fingerprint density at radius 2 is 2.47 bits per heavy atom. The van der Waals surface area contributed by atoms with Gasteiger partial charge in [0.2, 0.25) is 0 Å². The SMILES string of the molecule is O=C(O)CC1CCCC(c2ccn[nH]2)C1. The first kappa shape index (κ1) is 10.2. The van der Waals surface area contributed by atoms with Crippen LogP contribution in [0.5, 0.6) is 0 Å². The lowest BCUT2D eigenvalue weighted by Crippen LogP contribution is -2.17. The molecule has 1 fully saturated rings. The molecule has 82 valence electrons. The normalized spacial score (nSPS) is 26.4. The van der Waals surface area contributed by atoms with Crippen LogP contribution in [0.2, 0.25) is 0 Å². The second-order valence-electron chi connectivity index (χ2n) is 4.34. The Bertz CT molecular complexity index is 321. The Labute approximate surface area is 88.7 Å². The summed E-state index contributed by atoms with van der Waals surface area (Å²) in [6.45, 7) is 0. The number of carbonyl (C=O) groups is 1. The van der Waals surface area contributed by atoms with E-state index in [1.165, 1.54) is 0 Å². The van der Waals surface area contributed by atoms with E-state index in [1.807, 2.05) is 6.07 Å². The van der Waals surface area contributed by atoms with Crippen molar-refractivity contribution in [3.05, 3.63) is 18.0 Å². The molecule has 15 heavy (non-hydrogen) atoms. The number of H-pyrrole nitrogens is 1. The first-order valence-corrected chi connectivity index (χ1v) is 5.47. The number of nitrogens with zero attached hydrogens (tertiary/aromatic N) is 1. The summed E-state index contributed by atoms with van der Waals surface area (Å²) in [7, 11) is 0. The van der Waals surface area contributed by atoms with Crippen molar-refractivity contribution in [2.75, 3.05) is 0 Å². The number of rotatable bonds is 3. The van der Waals surface area contributed by atoms with Gasteiger partial charge in [-0.05, 0) is 31.2 Å². The zero-order chi connectivity index (χ0) is 10.7. The molecule has 4 nitrogen and oxygen atoms in total. The van der Waals surface area contributed by atoms with E-state index in [-0.39, 0.29) is 0 Å². The van der Waals surface area contributed by atoms with Crippen LogP contribution < -0.4 is 0 Å². The third kappa shape index (κ3) is 2.58. The standard InChI is InChI=1S/C11H16N2O2/c14-11(15)7-8-2-1-3-9(6-8)10-4-5-12-13-10/h4-5,8-9H,1-3,6-7H2,(H,12,13)(H,14,15). The summed E-state index contributed by atoms with van der Waals surface area (Å²) in [6, 6.07) is 1.99. The predicted octanol–water partition coefficient (Wildman–Crippen LogP) is 2.16. The van der Waals surface area contributed by atoms with Gasteiger partial charge in [-0.3, -0.25) is 9.89 Å². The van der Waals surface area contributed by atoms with E-state index in [0.717, 1.165) is 31.4 Å². The van der Waals surface area contributed by atoms with Crippen molar-refractivity contribution in [1.82, 2.24) is 10.2 Å². The van der Waals surface area contributed by atoms with Crippen LogP contribution in [0, 0.1) is 5.92 Å². The summed E-state index contributed by atoms with van der Waals surface area (Å²) in [4.78, 5) is 10.6. The molecular weight excluding hydrogens is 192 g/mol. The van der Waals surface area contributed by atoms with Crippen molar-refractivity contribution in [2.45, 2.75) is 38.0 Å². The first-order chi connectivity index (χ1) is 7.25. The molecule has 1 aromatic rings. The van der Waals surface area contributed by atoms with Gasteiger partial charge in [0.25, 0.3) is 0 Å². The molecule has 0 radical (unpaired) electrons. The Balaban J connectivity index is 1.95. The van der Waals surface area contributed by atoms with Crippen LogP contribution in [0.3, 0.4) is 0 Å². The molecule has 1 aromatic heterocycles. The minimum atomic E-state index is -0.676. The molecule has 0 amide bonds. The molecule has 1 saturated carbocycles. The highest BCUT2D eigenvalue weighted by molar-refractivity contribution is 5.67. The second-order valence-corrected chi connectivity index (χ2v) is 4.34. The van der Waals surface area contributed by atoms with Crippen LogP contribution in [0.25, 0.3) is 0 Å². The highest BCUT2D eigenvalue weighted by Crippen LogP contribution is 2.36. The van der Waals surface area contributed by atoms with Crippen LogP contribution >= 0.6 is 0 Å². The number of hydrogen-bond donors (Lipinski definition) is 2. The van der Waals surface area contributed by atoms with Gasteiger partial charge in [0.1, 0.15) is 0 Å². The second kappa shape index (κ2) is 4.47. The first-order valence-electron chi connectivity index (χ1n) is 5.47. The molecule has 2 N–H and O–H groups in total. The summed E-state index contributed by atoms with van der Waals surface area (Å²) in [5, 5.41) is 15.7. The summed E-state index contributed by atoms with van der Waals surface area (Å²) in [5.41, 5.74) is 1.16. The van der Waals surface area contributed by atoms with Crippen molar-refractivity contribution < 1.29 is 9.90 Å². The number of nitrogens with one attached hydrogen (secondary N) is 1. The van der Waals surface area contributed by atoms with E-state index in [2.05, 4.69) is 10.2 Å². The van der Waals surface area contributed by atoms with Gasteiger partial charge >= 0.3 is 5.97 Å². The number of hydrogen-bond acceptors (Lipinski definition) is 2. The summed E-state index contributed by atoms with van der Waals surface area (Å²) in [6.07, 6.45) is 6.38. The Morgan fingerprint density at radius 3 is 3.13 bits per heavy atom. The van der Waals surface area contributed by atoms with E-state index < -0.39 is 5.97 Å². The maximum atomic E-state index is 10.6. The Hall–Kier alpha value is -1.32. The monoisotopic (exact) mass is 208 g/mol. The molecule has 0 aliphatic heterocycles. The van der Waals surface area contributed by atoms with E-state index in [9.17, 15) is 4.79 Å². The van der Waals surface area contributed by atoms with Crippen LogP contribution in [0.4, 0.5) is 0 Å². The lowest BCUT2D eigenvalue weighted by molar-refractivity contribution is -0.138. The maximum Gasteiger partial charge on any atom is 0.303 e. The van der Waals surface area contributed by atoms with Gasteiger partial charge in [-0.2, -0.15) is 5.10 Å². The van der Waals surface area contributed by atoms with E-state index in [1.54, 1.807) is 6.20 Å². The molecule has 0 saturated heterocycles. The van der Waals surface area contributed by atoms with Crippen molar-refractivity contribution in [2.24, 2.45) is 5.92 Å². The number of aromatic amines is 1. The molecule has 2 atom stereocenters. The van der Waals surface area contributed by atoms with Gasteiger partial charge < -0.3 is 5.11 Å². The van der Waals surface area contributed by atoms with Crippen molar-refractivity contribution in [3.63, 3.8) is 0 Å². The fourth-order valence-electron chi connectivity index (χ4n) is 2.50. The van der Waals surface area contributed by atoms with E-state index >= 15 is 0 Å². The van der Waals surface area contributed by atoms with Crippen LogP contribution in [-0.2, 0) is 4.79 Å². The lowest BCUT2D eigenvalue weighted by atomic mass is 9.78. The molecule has 2 rings (SSSR count). The Kier molecular flexibility index (Phi) is 3.04. The number of carboxylic acids is 1. The van der Waals surface area contributed by atoms with Gasteiger partial charge in [-0.1, -0.05) is 6.42 Å². The van der Waals surface area contributed by atoms with Crippen LogP contribution in [-0.4, -0.2) is 21.3 Å². The van der Waals surface area contributed by atoms with Crippen molar-refractivity contribution in [3.8, 4) is 0 Å². The molecule has 1 aliphatic carbocycles. The molecule has 2 unspecified atom stereocenters. The summed E-state index contributed by atoms with van der Waals surface area (Å²) >= 11 is 0. The third-order valence-corrected chi connectivity index (χ3v) is 3.21. The molecular formula is C11H16N2O2. The number of aliphatic carboxylic acids is 1. The Morgan fingerprint density at radius 1 is 1.60 bits per heavy atom. The van der Waals surface area contributed by atoms with Gasteiger partial charge in [-0.15, -0.1) is 0 Å². The largest absolute Gasteiger partial charge is 0.481 e. The zero-order valence-electron chi connectivity index (χ0n) is 8.65. The fourth-order valence-corrected chi connectivity index (χ4v) is 2.50.